The molecule has 0 aliphatic heterocycles. The van der Waals surface area contributed by atoms with Gasteiger partial charge in [0.1, 0.15) is 13.2 Å². The highest BCUT2D eigenvalue weighted by Crippen LogP contribution is 2.17. The van der Waals surface area contributed by atoms with Crippen molar-refractivity contribution in [1.29, 1.82) is 0 Å². The summed E-state index contributed by atoms with van der Waals surface area (Å²) in [5, 5.41) is 0. The van der Waals surface area contributed by atoms with E-state index in [0.717, 1.165) is 77.0 Å². The Labute approximate surface area is 467 Å². The number of esters is 3. The molecule has 1 atom stereocenters. The predicted molar refractivity (Wildman–Crippen MR) is 325 cm³/mol. The van der Waals surface area contributed by atoms with E-state index in [2.05, 4.69) is 69.4 Å². The van der Waals surface area contributed by atoms with Crippen molar-refractivity contribution in [3.63, 3.8) is 0 Å². The molecular weight excluding hydrogens is 925 g/mol. The first-order chi connectivity index (χ1) is 37.0. The van der Waals surface area contributed by atoms with Crippen LogP contribution in [0.25, 0.3) is 0 Å². The lowest BCUT2D eigenvalue weighted by molar-refractivity contribution is -0.167. The number of hydrogen-bond donors (Lipinski definition) is 0. The van der Waals surface area contributed by atoms with Gasteiger partial charge in [0.2, 0.25) is 0 Å². The molecule has 0 aromatic carbocycles. The summed E-state index contributed by atoms with van der Waals surface area (Å²) in [6, 6.07) is 0. The Balaban J connectivity index is 4.10. The van der Waals surface area contributed by atoms with E-state index in [0.29, 0.717) is 19.3 Å². The molecule has 75 heavy (non-hydrogen) atoms. The molecule has 0 aliphatic carbocycles. The van der Waals surface area contributed by atoms with Gasteiger partial charge in [-0.05, 0) is 96.3 Å². The fourth-order valence-corrected chi connectivity index (χ4v) is 9.75. The first-order valence-corrected chi connectivity index (χ1v) is 33.1. The third kappa shape index (κ3) is 62.1. The maximum absolute atomic E-state index is 12.9. The van der Waals surface area contributed by atoms with Crippen LogP contribution in [0.4, 0.5) is 0 Å². The van der Waals surface area contributed by atoms with Gasteiger partial charge in [-0.15, -0.1) is 0 Å². The fourth-order valence-electron chi connectivity index (χ4n) is 9.75. The third-order valence-electron chi connectivity index (χ3n) is 14.8. The van der Waals surface area contributed by atoms with Gasteiger partial charge in [0.05, 0.1) is 0 Å². The van der Waals surface area contributed by atoms with Crippen LogP contribution in [-0.4, -0.2) is 37.2 Å². The van der Waals surface area contributed by atoms with E-state index in [1.54, 1.807) is 0 Å². The summed E-state index contributed by atoms with van der Waals surface area (Å²) in [5.74, 6) is -0.876. The average Bonchev–Trinajstić information content (AvgIpc) is 3.41. The molecule has 6 nitrogen and oxygen atoms in total. The Morgan fingerprint density at radius 3 is 0.787 bits per heavy atom. The summed E-state index contributed by atoms with van der Waals surface area (Å²) in [6.45, 7) is 6.62. The molecule has 0 aliphatic rings. The van der Waals surface area contributed by atoms with Crippen LogP contribution in [0, 0.1) is 0 Å². The number of unbranched alkanes of at least 4 members (excludes halogenated alkanes) is 42. The van der Waals surface area contributed by atoms with Gasteiger partial charge in [0.25, 0.3) is 0 Å². The van der Waals surface area contributed by atoms with Gasteiger partial charge in [-0.25, -0.2) is 0 Å². The fraction of sp³-hybridized carbons (Fsp3) is 0.841. The monoisotopic (exact) mass is 1050 g/mol. The highest BCUT2D eigenvalue weighted by molar-refractivity contribution is 5.71. The Kier molecular flexibility index (Phi) is 61.7. The summed E-state index contributed by atoms with van der Waals surface area (Å²) in [5.41, 5.74) is 0. The van der Waals surface area contributed by atoms with Gasteiger partial charge in [-0.2, -0.15) is 0 Å². The predicted octanol–water partition coefficient (Wildman–Crippen LogP) is 22.6. The number of rotatable bonds is 61. The maximum Gasteiger partial charge on any atom is 0.306 e. The molecule has 0 bridgehead atoms. The molecule has 0 radical (unpaired) electrons. The second-order valence-corrected chi connectivity index (χ2v) is 22.4. The molecular formula is C69H126O6. The zero-order valence-electron chi connectivity index (χ0n) is 50.3. The minimum absolute atomic E-state index is 0.0755. The van der Waals surface area contributed by atoms with Crippen molar-refractivity contribution in [3.05, 3.63) is 48.6 Å². The second kappa shape index (κ2) is 63.9. The molecule has 0 aromatic heterocycles. The van der Waals surface area contributed by atoms with Crippen LogP contribution in [0.1, 0.15) is 355 Å². The lowest BCUT2D eigenvalue weighted by atomic mass is 10.0. The Bertz CT molecular complexity index is 1300. The molecule has 6 heteroatoms. The van der Waals surface area contributed by atoms with Crippen molar-refractivity contribution in [2.24, 2.45) is 0 Å². The van der Waals surface area contributed by atoms with Crippen molar-refractivity contribution in [1.82, 2.24) is 0 Å². The molecule has 438 valence electrons. The van der Waals surface area contributed by atoms with E-state index in [-0.39, 0.29) is 31.1 Å². The van der Waals surface area contributed by atoms with Crippen molar-refractivity contribution in [3.8, 4) is 0 Å². The summed E-state index contributed by atoms with van der Waals surface area (Å²) >= 11 is 0. The van der Waals surface area contributed by atoms with Crippen LogP contribution in [-0.2, 0) is 28.6 Å². The largest absolute Gasteiger partial charge is 0.462 e. The van der Waals surface area contributed by atoms with Crippen LogP contribution in [0.3, 0.4) is 0 Å². The van der Waals surface area contributed by atoms with E-state index in [1.807, 2.05) is 0 Å². The molecule has 1 unspecified atom stereocenters. The Hall–Kier alpha value is -2.63. The first kappa shape index (κ1) is 72.4. The minimum Gasteiger partial charge on any atom is -0.462 e. The van der Waals surface area contributed by atoms with Gasteiger partial charge < -0.3 is 14.2 Å². The number of carbonyl (C=O) groups is 3. The SMILES string of the molecule is CCCC/C=C\CCCCCCCC(=O)OCC(COC(=O)CCCCCCCCCCCCCCCCCCCCC/C=C\C/C=C\CCCCCCC)OC(=O)CCCCCCC/C=C\CCCCCCCC. The normalized spacial score (nSPS) is 12.3. The Morgan fingerprint density at radius 2 is 0.493 bits per heavy atom. The van der Waals surface area contributed by atoms with Crippen molar-refractivity contribution in [2.45, 2.75) is 361 Å². The lowest BCUT2D eigenvalue weighted by Crippen LogP contribution is -2.30. The summed E-state index contributed by atoms with van der Waals surface area (Å²) in [4.78, 5) is 38.2. The number of allylic oxidation sites excluding steroid dienone is 8. The number of hydrogen-bond acceptors (Lipinski definition) is 6. The van der Waals surface area contributed by atoms with Gasteiger partial charge in [0.15, 0.2) is 6.10 Å². The third-order valence-corrected chi connectivity index (χ3v) is 14.8. The van der Waals surface area contributed by atoms with Crippen LogP contribution in [0.5, 0.6) is 0 Å². The molecule has 0 saturated heterocycles. The summed E-state index contributed by atoms with van der Waals surface area (Å²) < 4.78 is 16.9. The smallest absolute Gasteiger partial charge is 0.306 e. The zero-order chi connectivity index (χ0) is 54.3. The minimum atomic E-state index is -0.778. The van der Waals surface area contributed by atoms with Gasteiger partial charge in [-0.3, -0.25) is 14.4 Å². The van der Waals surface area contributed by atoms with E-state index in [4.69, 9.17) is 14.2 Å². The van der Waals surface area contributed by atoms with E-state index in [1.165, 1.54) is 238 Å². The number of ether oxygens (including phenoxy) is 3. The van der Waals surface area contributed by atoms with Gasteiger partial charge >= 0.3 is 17.9 Å². The molecule has 0 fully saturated rings. The van der Waals surface area contributed by atoms with Crippen molar-refractivity contribution >= 4 is 17.9 Å². The van der Waals surface area contributed by atoms with Crippen molar-refractivity contribution < 1.29 is 28.6 Å². The molecule has 0 aromatic rings. The first-order valence-electron chi connectivity index (χ1n) is 33.1. The lowest BCUT2D eigenvalue weighted by Gasteiger charge is -2.18. The quantitative estimate of drug-likeness (QED) is 0.0261. The van der Waals surface area contributed by atoms with Crippen LogP contribution in [0.15, 0.2) is 48.6 Å². The van der Waals surface area contributed by atoms with Crippen molar-refractivity contribution in [2.75, 3.05) is 13.2 Å². The summed E-state index contributed by atoms with van der Waals surface area (Å²) in [7, 11) is 0. The van der Waals surface area contributed by atoms with Crippen LogP contribution >= 0.6 is 0 Å². The van der Waals surface area contributed by atoms with Gasteiger partial charge in [0, 0.05) is 19.3 Å². The standard InChI is InChI=1S/C69H126O6/c1-4-7-10-13-16-19-22-24-26-27-28-29-30-31-32-33-34-35-36-37-38-39-40-41-43-44-47-50-53-56-59-62-68(71)74-65-66(64-73-67(70)61-58-55-52-49-46-21-18-15-12-9-6-3)75-69(72)63-60-57-54-51-48-45-42-25-23-20-17-14-11-8-5-2/h15,18,22,24-25,27-28,42,66H,4-14,16-17,19-21,23,26,29-41,43-65H2,1-3H3/b18-15-,24-22-,28-27-,42-25-. The topological polar surface area (TPSA) is 78.9 Å². The zero-order valence-corrected chi connectivity index (χ0v) is 50.3. The maximum atomic E-state index is 12.9. The second-order valence-electron chi connectivity index (χ2n) is 22.4. The molecule has 0 N–H and O–H groups in total. The highest BCUT2D eigenvalue weighted by atomic mass is 16.6. The Morgan fingerprint density at radius 1 is 0.267 bits per heavy atom. The highest BCUT2D eigenvalue weighted by Gasteiger charge is 2.19. The average molecular weight is 1050 g/mol. The molecule has 0 amide bonds. The molecule has 0 heterocycles. The molecule has 0 spiro atoms. The molecule has 0 rings (SSSR count). The molecule has 0 saturated carbocycles. The van der Waals surface area contributed by atoms with E-state index < -0.39 is 6.10 Å². The summed E-state index contributed by atoms with van der Waals surface area (Å²) in [6.07, 6.45) is 80.0. The van der Waals surface area contributed by atoms with E-state index >= 15 is 0 Å². The van der Waals surface area contributed by atoms with Crippen LogP contribution < -0.4 is 0 Å². The van der Waals surface area contributed by atoms with Gasteiger partial charge in [-0.1, -0.05) is 288 Å². The van der Waals surface area contributed by atoms with Crippen LogP contribution in [0.2, 0.25) is 0 Å². The number of carbonyl (C=O) groups excluding carboxylic acids is 3. The van der Waals surface area contributed by atoms with E-state index in [9.17, 15) is 14.4 Å².